The van der Waals surface area contributed by atoms with Crippen LogP contribution in [0.1, 0.15) is 25.3 Å². The van der Waals surface area contributed by atoms with Crippen LogP contribution in [-0.2, 0) is 11.2 Å². The second kappa shape index (κ2) is 5.45. The fourth-order valence-electron chi connectivity index (χ4n) is 2.20. The Labute approximate surface area is 105 Å². The summed E-state index contributed by atoms with van der Waals surface area (Å²) in [7, 11) is 1.71. The lowest BCUT2D eigenvalue weighted by molar-refractivity contribution is -0.118. The zero-order valence-corrected chi connectivity index (χ0v) is 10.6. The van der Waals surface area contributed by atoms with Crippen LogP contribution in [0.15, 0.2) is 6.20 Å². The molecule has 0 spiro atoms. The topological polar surface area (TPSA) is 62.2 Å². The number of amides is 1. The average Bonchev–Trinajstić information content (AvgIpc) is 2.79. The molecule has 1 aromatic heterocycles. The van der Waals surface area contributed by atoms with Crippen molar-refractivity contribution >= 4 is 11.6 Å². The standard InChI is InChI=1S/C11H18FN5O/c1-8(12)17-9-4-3-5-16(10(9)6-15-17)11(18)7-14-13-2/h6,8,13-14H,3-5,7H2,1-2H3. The van der Waals surface area contributed by atoms with Gasteiger partial charge in [0.1, 0.15) is 0 Å². The van der Waals surface area contributed by atoms with Crippen molar-refractivity contribution in [1.29, 1.82) is 0 Å². The smallest absolute Gasteiger partial charge is 0.242 e. The minimum absolute atomic E-state index is 0.0450. The van der Waals surface area contributed by atoms with Crippen molar-refractivity contribution in [3.63, 3.8) is 0 Å². The summed E-state index contributed by atoms with van der Waals surface area (Å²) in [5.41, 5.74) is 7.00. The molecule has 1 aliphatic rings. The summed E-state index contributed by atoms with van der Waals surface area (Å²) in [5, 5.41) is 4.02. The summed E-state index contributed by atoms with van der Waals surface area (Å²) in [4.78, 5) is 13.7. The Morgan fingerprint density at radius 1 is 1.67 bits per heavy atom. The van der Waals surface area contributed by atoms with Gasteiger partial charge in [0, 0.05) is 6.54 Å². The van der Waals surface area contributed by atoms with Crippen LogP contribution in [0.25, 0.3) is 0 Å². The van der Waals surface area contributed by atoms with E-state index in [1.165, 1.54) is 11.6 Å². The number of aromatic nitrogens is 2. The first-order valence-electron chi connectivity index (χ1n) is 6.05. The van der Waals surface area contributed by atoms with E-state index in [-0.39, 0.29) is 12.5 Å². The van der Waals surface area contributed by atoms with E-state index < -0.39 is 6.30 Å². The molecule has 0 saturated carbocycles. The molecular weight excluding hydrogens is 237 g/mol. The van der Waals surface area contributed by atoms with Gasteiger partial charge in [-0.05, 0) is 26.8 Å². The van der Waals surface area contributed by atoms with Gasteiger partial charge in [0.2, 0.25) is 5.91 Å². The third-order valence-electron chi connectivity index (χ3n) is 3.02. The molecule has 1 aliphatic heterocycles. The van der Waals surface area contributed by atoms with Gasteiger partial charge < -0.3 is 4.90 Å². The first-order chi connectivity index (χ1) is 8.65. The molecule has 1 unspecified atom stereocenters. The zero-order valence-electron chi connectivity index (χ0n) is 10.6. The van der Waals surface area contributed by atoms with E-state index in [4.69, 9.17) is 0 Å². The highest BCUT2D eigenvalue weighted by atomic mass is 19.1. The lowest BCUT2D eigenvalue weighted by Gasteiger charge is -2.27. The minimum Gasteiger partial charge on any atom is -0.308 e. The van der Waals surface area contributed by atoms with E-state index in [0.29, 0.717) is 6.54 Å². The predicted octanol–water partition coefficient (Wildman–Crippen LogP) is 0.374. The van der Waals surface area contributed by atoms with Crippen LogP contribution in [0.2, 0.25) is 0 Å². The lowest BCUT2D eigenvalue weighted by Crippen LogP contribution is -2.44. The Morgan fingerprint density at radius 3 is 3.11 bits per heavy atom. The van der Waals surface area contributed by atoms with Gasteiger partial charge in [-0.25, -0.2) is 14.5 Å². The molecule has 1 aromatic rings. The summed E-state index contributed by atoms with van der Waals surface area (Å²) < 4.78 is 14.7. The van der Waals surface area contributed by atoms with Crippen LogP contribution < -0.4 is 15.8 Å². The summed E-state index contributed by atoms with van der Waals surface area (Å²) in [6.45, 7) is 2.30. The van der Waals surface area contributed by atoms with Gasteiger partial charge in [0.05, 0.1) is 24.1 Å². The van der Waals surface area contributed by atoms with Crippen LogP contribution in [0, 0.1) is 0 Å². The monoisotopic (exact) mass is 255 g/mol. The van der Waals surface area contributed by atoms with E-state index in [1.54, 1.807) is 18.1 Å². The SMILES string of the molecule is CNNCC(=O)N1CCCc2c1cnn2C(C)F. The van der Waals surface area contributed by atoms with Gasteiger partial charge in [-0.3, -0.25) is 10.2 Å². The number of carbonyl (C=O) groups excluding carboxylic acids is 1. The molecular formula is C11H18FN5O. The number of hydrogen-bond acceptors (Lipinski definition) is 4. The molecule has 18 heavy (non-hydrogen) atoms. The Morgan fingerprint density at radius 2 is 2.44 bits per heavy atom. The van der Waals surface area contributed by atoms with Gasteiger partial charge in [-0.2, -0.15) is 5.10 Å². The van der Waals surface area contributed by atoms with Gasteiger partial charge in [-0.1, -0.05) is 0 Å². The van der Waals surface area contributed by atoms with Crippen LogP contribution >= 0.6 is 0 Å². The highest BCUT2D eigenvalue weighted by Crippen LogP contribution is 2.28. The van der Waals surface area contributed by atoms with Gasteiger partial charge in [0.15, 0.2) is 6.30 Å². The first kappa shape index (κ1) is 13.0. The number of carbonyl (C=O) groups is 1. The summed E-state index contributed by atoms with van der Waals surface area (Å²) in [6.07, 6.45) is 1.99. The van der Waals surface area contributed by atoms with E-state index in [9.17, 15) is 9.18 Å². The van der Waals surface area contributed by atoms with Crippen molar-refractivity contribution < 1.29 is 9.18 Å². The number of anilines is 1. The van der Waals surface area contributed by atoms with E-state index in [1.807, 2.05) is 0 Å². The van der Waals surface area contributed by atoms with Crippen molar-refractivity contribution in [2.24, 2.45) is 0 Å². The first-order valence-corrected chi connectivity index (χ1v) is 6.05. The molecule has 0 radical (unpaired) electrons. The average molecular weight is 255 g/mol. The fraction of sp³-hybridized carbons (Fsp3) is 0.636. The molecule has 0 saturated heterocycles. The van der Waals surface area contributed by atoms with Crippen molar-refractivity contribution in [3.8, 4) is 0 Å². The maximum absolute atomic E-state index is 13.4. The number of nitrogens with one attached hydrogen (secondary N) is 2. The molecule has 6 nitrogen and oxygen atoms in total. The quantitative estimate of drug-likeness (QED) is 0.763. The number of rotatable bonds is 4. The molecule has 1 amide bonds. The molecule has 0 aliphatic carbocycles. The maximum Gasteiger partial charge on any atom is 0.242 e. The molecule has 100 valence electrons. The number of halogens is 1. The Hall–Kier alpha value is -1.47. The largest absolute Gasteiger partial charge is 0.308 e. The number of hydrogen-bond donors (Lipinski definition) is 2. The second-order valence-electron chi connectivity index (χ2n) is 4.25. The number of nitrogens with zero attached hydrogens (tertiary/aromatic N) is 3. The van der Waals surface area contributed by atoms with E-state index in [0.717, 1.165) is 24.2 Å². The summed E-state index contributed by atoms with van der Waals surface area (Å²) >= 11 is 0. The lowest BCUT2D eigenvalue weighted by atomic mass is 10.1. The highest BCUT2D eigenvalue weighted by molar-refractivity contribution is 5.95. The highest BCUT2D eigenvalue weighted by Gasteiger charge is 2.26. The molecule has 0 bridgehead atoms. The normalized spacial score (nSPS) is 16.5. The third-order valence-corrected chi connectivity index (χ3v) is 3.02. The predicted molar refractivity (Wildman–Crippen MR) is 65.8 cm³/mol. The summed E-state index contributed by atoms with van der Waals surface area (Å²) in [5.74, 6) is -0.0450. The second-order valence-corrected chi connectivity index (χ2v) is 4.25. The summed E-state index contributed by atoms with van der Waals surface area (Å²) in [6, 6.07) is 0. The van der Waals surface area contributed by atoms with Crippen molar-refractivity contribution in [3.05, 3.63) is 11.9 Å². The van der Waals surface area contributed by atoms with Crippen LogP contribution in [0.5, 0.6) is 0 Å². The van der Waals surface area contributed by atoms with E-state index >= 15 is 0 Å². The van der Waals surface area contributed by atoms with Crippen molar-refractivity contribution in [2.45, 2.75) is 26.1 Å². The molecule has 1 atom stereocenters. The van der Waals surface area contributed by atoms with Crippen molar-refractivity contribution in [1.82, 2.24) is 20.6 Å². The molecule has 2 rings (SSSR count). The Bertz CT molecular complexity index is 431. The Balaban J connectivity index is 2.20. The van der Waals surface area contributed by atoms with Gasteiger partial charge >= 0.3 is 0 Å². The van der Waals surface area contributed by atoms with Crippen LogP contribution in [0.3, 0.4) is 0 Å². The van der Waals surface area contributed by atoms with Gasteiger partial charge in [0.25, 0.3) is 0 Å². The van der Waals surface area contributed by atoms with Crippen LogP contribution in [0.4, 0.5) is 10.1 Å². The number of alkyl halides is 1. The third kappa shape index (κ3) is 2.37. The molecule has 2 N–H and O–H groups in total. The molecule has 0 aromatic carbocycles. The van der Waals surface area contributed by atoms with E-state index in [2.05, 4.69) is 16.0 Å². The van der Waals surface area contributed by atoms with Crippen molar-refractivity contribution in [2.75, 3.05) is 25.0 Å². The van der Waals surface area contributed by atoms with Gasteiger partial charge in [-0.15, -0.1) is 0 Å². The molecule has 2 heterocycles. The molecule has 0 fully saturated rings. The maximum atomic E-state index is 13.4. The zero-order chi connectivity index (χ0) is 13.1. The number of hydrazine groups is 1. The Kier molecular flexibility index (Phi) is 3.93. The van der Waals surface area contributed by atoms with Crippen LogP contribution in [-0.4, -0.2) is 35.8 Å². The minimum atomic E-state index is -1.17. The number of fused-ring (bicyclic) bond motifs is 1. The molecule has 7 heteroatoms. The fourth-order valence-corrected chi connectivity index (χ4v) is 2.20.